The van der Waals surface area contributed by atoms with E-state index in [0.29, 0.717) is 11.3 Å². The predicted octanol–water partition coefficient (Wildman–Crippen LogP) is 3.87. The molecule has 0 radical (unpaired) electrons. The SMILES string of the molecule is COc1ccc(CCN2CCC3(CCOC3)CC2)c(OC)c1C(C)C. The highest BCUT2D eigenvalue weighted by molar-refractivity contribution is 5.52. The lowest BCUT2D eigenvalue weighted by molar-refractivity contribution is 0.0812. The molecule has 0 bridgehead atoms. The van der Waals surface area contributed by atoms with Crippen LogP contribution in [0.2, 0.25) is 0 Å². The fourth-order valence-corrected chi connectivity index (χ4v) is 4.36. The van der Waals surface area contributed by atoms with Gasteiger partial charge in [0.2, 0.25) is 0 Å². The first-order valence-corrected chi connectivity index (χ1v) is 9.62. The average Bonchev–Trinajstić information content (AvgIpc) is 3.08. The summed E-state index contributed by atoms with van der Waals surface area (Å²) in [5.74, 6) is 2.31. The summed E-state index contributed by atoms with van der Waals surface area (Å²) in [4.78, 5) is 2.60. The number of likely N-dealkylation sites (tertiary alicyclic amines) is 1. The first-order valence-electron chi connectivity index (χ1n) is 9.62. The minimum absolute atomic E-state index is 0.377. The molecule has 4 heteroatoms. The van der Waals surface area contributed by atoms with Crippen LogP contribution in [0.5, 0.6) is 11.5 Å². The van der Waals surface area contributed by atoms with Gasteiger partial charge in [-0.2, -0.15) is 0 Å². The molecule has 0 N–H and O–H groups in total. The van der Waals surface area contributed by atoms with Crippen LogP contribution in [0.4, 0.5) is 0 Å². The topological polar surface area (TPSA) is 30.9 Å². The van der Waals surface area contributed by atoms with Crippen LogP contribution in [-0.4, -0.2) is 52.0 Å². The van der Waals surface area contributed by atoms with Crippen molar-refractivity contribution in [1.82, 2.24) is 4.90 Å². The van der Waals surface area contributed by atoms with Gasteiger partial charge in [0.1, 0.15) is 11.5 Å². The molecule has 0 atom stereocenters. The molecule has 0 aliphatic carbocycles. The second-order valence-corrected chi connectivity index (χ2v) is 7.92. The van der Waals surface area contributed by atoms with Gasteiger partial charge in [-0.1, -0.05) is 19.9 Å². The minimum Gasteiger partial charge on any atom is -0.496 e. The van der Waals surface area contributed by atoms with Crippen molar-refractivity contribution in [3.8, 4) is 11.5 Å². The summed E-state index contributed by atoms with van der Waals surface area (Å²) in [6, 6.07) is 4.26. The summed E-state index contributed by atoms with van der Waals surface area (Å²) in [6.07, 6.45) is 4.84. The third kappa shape index (κ3) is 3.95. The number of nitrogens with zero attached hydrogens (tertiary/aromatic N) is 1. The third-order valence-electron chi connectivity index (χ3n) is 6.04. The Labute approximate surface area is 152 Å². The lowest BCUT2D eigenvalue weighted by Gasteiger charge is -2.38. The van der Waals surface area contributed by atoms with Crippen molar-refractivity contribution in [1.29, 1.82) is 0 Å². The molecule has 1 aromatic rings. The lowest BCUT2D eigenvalue weighted by atomic mass is 9.78. The fraction of sp³-hybridized carbons (Fsp3) is 0.714. The predicted molar refractivity (Wildman–Crippen MR) is 101 cm³/mol. The van der Waals surface area contributed by atoms with Gasteiger partial charge in [-0.3, -0.25) is 0 Å². The zero-order chi connectivity index (χ0) is 17.9. The standard InChI is InChI=1S/C21H33NO3/c1-16(2)19-18(23-3)6-5-17(20(19)24-4)7-11-22-12-8-21(9-13-22)10-14-25-15-21/h5-6,16H,7-15H2,1-4H3. The Kier molecular flexibility index (Phi) is 5.90. The van der Waals surface area contributed by atoms with Crippen molar-refractivity contribution in [2.45, 2.75) is 45.4 Å². The van der Waals surface area contributed by atoms with Crippen LogP contribution in [0, 0.1) is 5.41 Å². The minimum atomic E-state index is 0.377. The highest BCUT2D eigenvalue weighted by Crippen LogP contribution is 2.40. The molecule has 0 unspecified atom stereocenters. The van der Waals surface area contributed by atoms with Crippen molar-refractivity contribution in [3.63, 3.8) is 0 Å². The summed E-state index contributed by atoms with van der Waals surface area (Å²) in [5.41, 5.74) is 2.96. The number of ether oxygens (including phenoxy) is 3. The Morgan fingerprint density at radius 2 is 1.88 bits per heavy atom. The molecule has 2 aliphatic heterocycles. The zero-order valence-electron chi connectivity index (χ0n) is 16.3. The molecule has 1 spiro atoms. The molecule has 2 aliphatic rings. The monoisotopic (exact) mass is 347 g/mol. The second-order valence-electron chi connectivity index (χ2n) is 7.92. The largest absolute Gasteiger partial charge is 0.496 e. The molecule has 25 heavy (non-hydrogen) atoms. The van der Waals surface area contributed by atoms with Crippen LogP contribution < -0.4 is 9.47 Å². The van der Waals surface area contributed by atoms with E-state index in [1.165, 1.54) is 43.5 Å². The molecular weight excluding hydrogens is 314 g/mol. The Hall–Kier alpha value is -1.26. The van der Waals surface area contributed by atoms with E-state index in [2.05, 4.69) is 30.9 Å². The quantitative estimate of drug-likeness (QED) is 0.782. The number of hydrogen-bond acceptors (Lipinski definition) is 4. The summed E-state index contributed by atoms with van der Waals surface area (Å²) in [5, 5.41) is 0. The maximum atomic E-state index is 5.78. The van der Waals surface area contributed by atoms with Gasteiger partial charge in [-0.25, -0.2) is 0 Å². The number of piperidine rings is 1. The first-order chi connectivity index (χ1) is 12.1. The number of rotatable bonds is 6. The van der Waals surface area contributed by atoms with Gasteiger partial charge in [-0.15, -0.1) is 0 Å². The molecule has 140 valence electrons. The number of hydrogen-bond donors (Lipinski definition) is 0. The van der Waals surface area contributed by atoms with Crippen LogP contribution in [0.15, 0.2) is 12.1 Å². The molecule has 0 aromatic heterocycles. The first kappa shape index (κ1) is 18.5. The average molecular weight is 347 g/mol. The van der Waals surface area contributed by atoms with Gasteiger partial charge in [0.05, 0.1) is 20.8 Å². The molecule has 3 rings (SSSR count). The van der Waals surface area contributed by atoms with Crippen LogP contribution in [0.3, 0.4) is 0 Å². The van der Waals surface area contributed by atoms with E-state index >= 15 is 0 Å². The van der Waals surface area contributed by atoms with Crippen LogP contribution in [0.1, 0.15) is 50.2 Å². The van der Waals surface area contributed by atoms with Gasteiger partial charge in [0.15, 0.2) is 0 Å². The Balaban J connectivity index is 1.64. The molecule has 0 amide bonds. The van der Waals surface area contributed by atoms with Crippen LogP contribution in [-0.2, 0) is 11.2 Å². The number of methoxy groups -OCH3 is 2. The highest BCUT2D eigenvalue weighted by Gasteiger charge is 2.37. The molecule has 1 aromatic carbocycles. The maximum absolute atomic E-state index is 5.78. The van der Waals surface area contributed by atoms with Gasteiger partial charge in [-0.05, 0) is 61.7 Å². The van der Waals surface area contributed by atoms with Crippen molar-refractivity contribution in [2.75, 3.05) is 47.1 Å². The van der Waals surface area contributed by atoms with E-state index in [1.54, 1.807) is 14.2 Å². The summed E-state index contributed by atoms with van der Waals surface area (Å²) < 4.78 is 17.0. The van der Waals surface area contributed by atoms with Crippen LogP contribution >= 0.6 is 0 Å². The van der Waals surface area contributed by atoms with Crippen molar-refractivity contribution < 1.29 is 14.2 Å². The fourth-order valence-electron chi connectivity index (χ4n) is 4.36. The van der Waals surface area contributed by atoms with Crippen molar-refractivity contribution in [2.24, 2.45) is 5.41 Å². The summed E-state index contributed by atoms with van der Waals surface area (Å²) in [7, 11) is 3.51. The smallest absolute Gasteiger partial charge is 0.129 e. The third-order valence-corrected chi connectivity index (χ3v) is 6.04. The van der Waals surface area contributed by atoms with E-state index < -0.39 is 0 Å². The molecule has 2 heterocycles. The molecule has 2 saturated heterocycles. The normalized spacial score (nSPS) is 20.4. The van der Waals surface area contributed by atoms with Crippen LogP contribution in [0.25, 0.3) is 0 Å². The van der Waals surface area contributed by atoms with E-state index in [0.717, 1.165) is 37.7 Å². The van der Waals surface area contributed by atoms with Crippen molar-refractivity contribution in [3.05, 3.63) is 23.3 Å². The van der Waals surface area contributed by atoms with Crippen molar-refractivity contribution >= 4 is 0 Å². The molecule has 0 saturated carbocycles. The Morgan fingerprint density at radius 3 is 2.44 bits per heavy atom. The Morgan fingerprint density at radius 1 is 1.12 bits per heavy atom. The molecule has 2 fully saturated rings. The second kappa shape index (κ2) is 7.96. The Bertz CT molecular complexity index is 569. The van der Waals surface area contributed by atoms with Gasteiger partial charge >= 0.3 is 0 Å². The van der Waals surface area contributed by atoms with E-state index in [1.807, 2.05) is 0 Å². The van der Waals surface area contributed by atoms with E-state index in [9.17, 15) is 0 Å². The van der Waals surface area contributed by atoms with E-state index in [4.69, 9.17) is 14.2 Å². The number of benzene rings is 1. The maximum Gasteiger partial charge on any atom is 0.129 e. The molecule has 4 nitrogen and oxygen atoms in total. The lowest BCUT2D eigenvalue weighted by Crippen LogP contribution is -2.41. The summed E-state index contributed by atoms with van der Waals surface area (Å²) >= 11 is 0. The van der Waals surface area contributed by atoms with Gasteiger partial charge in [0, 0.05) is 18.7 Å². The molecular formula is C21H33NO3. The van der Waals surface area contributed by atoms with Gasteiger partial charge < -0.3 is 19.1 Å². The van der Waals surface area contributed by atoms with E-state index in [-0.39, 0.29) is 0 Å². The summed E-state index contributed by atoms with van der Waals surface area (Å²) in [6.45, 7) is 9.80. The highest BCUT2D eigenvalue weighted by atomic mass is 16.5. The zero-order valence-corrected chi connectivity index (χ0v) is 16.3. The van der Waals surface area contributed by atoms with Gasteiger partial charge in [0.25, 0.3) is 0 Å².